The quantitative estimate of drug-likeness (QED) is 0.342. The second kappa shape index (κ2) is 10.2. The summed E-state index contributed by atoms with van der Waals surface area (Å²) in [5.74, 6) is 3.47. The molecule has 0 spiro atoms. The van der Waals surface area contributed by atoms with Gasteiger partial charge in [-0.2, -0.15) is 0 Å². The minimum absolute atomic E-state index is 0.120. The summed E-state index contributed by atoms with van der Waals surface area (Å²) in [5.41, 5.74) is 2.25. The van der Waals surface area contributed by atoms with E-state index >= 15 is 0 Å². The molecule has 36 heavy (non-hydrogen) atoms. The molecule has 1 aliphatic heterocycles. The van der Waals surface area contributed by atoms with Crippen LogP contribution in [0, 0.1) is 0 Å². The Balaban J connectivity index is 1.34. The maximum atomic E-state index is 13.2. The molecule has 0 saturated carbocycles. The third-order valence-corrected chi connectivity index (χ3v) is 6.21. The average Bonchev–Trinajstić information content (AvgIpc) is 2.93. The Hall–Kier alpha value is -4.17. The minimum atomic E-state index is -0.239. The zero-order valence-electron chi connectivity index (χ0n) is 20.4. The first-order chi connectivity index (χ1) is 17.6. The van der Waals surface area contributed by atoms with E-state index in [4.69, 9.17) is 28.1 Å². The molecule has 8 nitrogen and oxygen atoms in total. The molecule has 0 N–H and O–H groups in total. The van der Waals surface area contributed by atoms with E-state index in [2.05, 4.69) is 4.90 Å². The third-order valence-electron chi connectivity index (χ3n) is 6.21. The second-order valence-electron chi connectivity index (χ2n) is 8.39. The number of hydrogen-bond donors (Lipinski definition) is 0. The monoisotopic (exact) mass is 489 g/mol. The highest BCUT2D eigenvalue weighted by atomic mass is 16.5. The van der Waals surface area contributed by atoms with Crippen molar-refractivity contribution in [3.63, 3.8) is 0 Å². The van der Waals surface area contributed by atoms with Crippen LogP contribution in [-0.2, 0) is 13.0 Å². The molecule has 1 aliphatic rings. The Morgan fingerprint density at radius 3 is 2.39 bits per heavy atom. The lowest BCUT2D eigenvalue weighted by molar-refractivity contribution is 0.0968. The van der Waals surface area contributed by atoms with Gasteiger partial charge in [0.1, 0.15) is 35.8 Å². The number of fused-ring (bicyclic) bond motifs is 3. The van der Waals surface area contributed by atoms with Crippen LogP contribution in [0.3, 0.4) is 0 Å². The maximum Gasteiger partial charge on any atom is 0.235 e. The van der Waals surface area contributed by atoms with Crippen LogP contribution in [0.2, 0.25) is 0 Å². The van der Waals surface area contributed by atoms with Crippen LogP contribution in [0.4, 0.5) is 0 Å². The predicted molar refractivity (Wildman–Crippen MR) is 135 cm³/mol. The van der Waals surface area contributed by atoms with Crippen molar-refractivity contribution in [2.75, 3.05) is 34.6 Å². The van der Waals surface area contributed by atoms with Crippen molar-refractivity contribution in [1.82, 2.24) is 4.90 Å². The molecule has 1 aromatic heterocycles. The Kier molecular flexibility index (Phi) is 6.69. The molecular weight excluding hydrogens is 462 g/mol. The highest BCUT2D eigenvalue weighted by Crippen LogP contribution is 2.33. The van der Waals surface area contributed by atoms with E-state index in [1.807, 2.05) is 24.3 Å². The van der Waals surface area contributed by atoms with Gasteiger partial charge in [-0.3, -0.25) is 9.69 Å². The molecule has 0 aliphatic carbocycles. The molecular formula is C28H27NO7. The predicted octanol–water partition coefficient (Wildman–Crippen LogP) is 5.01. The van der Waals surface area contributed by atoms with Crippen LogP contribution in [-0.4, -0.2) is 39.5 Å². The fourth-order valence-electron chi connectivity index (χ4n) is 4.24. The number of rotatable bonds is 8. The van der Waals surface area contributed by atoms with Gasteiger partial charge in [0, 0.05) is 13.1 Å². The van der Waals surface area contributed by atoms with E-state index in [1.54, 1.807) is 51.7 Å². The number of nitrogens with zero attached hydrogens (tertiary/aromatic N) is 1. The van der Waals surface area contributed by atoms with Crippen LogP contribution in [0.25, 0.3) is 11.0 Å². The Morgan fingerprint density at radius 1 is 0.861 bits per heavy atom. The number of hydrogen-bond acceptors (Lipinski definition) is 8. The summed E-state index contributed by atoms with van der Waals surface area (Å²) in [6.45, 7) is 1.81. The van der Waals surface area contributed by atoms with Crippen molar-refractivity contribution in [3.05, 3.63) is 82.2 Å². The lowest BCUT2D eigenvalue weighted by Crippen LogP contribution is -2.33. The maximum absolute atomic E-state index is 13.2. The van der Waals surface area contributed by atoms with Gasteiger partial charge in [0.05, 0.1) is 32.3 Å². The topological polar surface area (TPSA) is 79.6 Å². The van der Waals surface area contributed by atoms with Crippen LogP contribution in [0.5, 0.6) is 34.5 Å². The van der Waals surface area contributed by atoms with E-state index in [1.165, 1.54) is 6.26 Å². The number of methoxy groups -OCH3 is 3. The molecule has 0 bridgehead atoms. The number of ether oxygens (including phenoxy) is 5. The van der Waals surface area contributed by atoms with Crippen molar-refractivity contribution < 1.29 is 28.1 Å². The van der Waals surface area contributed by atoms with Gasteiger partial charge in [0.15, 0.2) is 11.5 Å². The molecule has 0 fully saturated rings. The third kappa shape index (κ3) is 4.67. The lowest BCUT2D eigenvalue weighted by atomic mass is 10.1. The van der Waals surface area contributed by atoms with Crippen LogP contribution < -0.4 is 29.1 Å². The zero-order valence-corrected chi connectivity index (χ0v) is 20.4. The molecule has 2 heterocycles. The fraction of sp³-hybridized carbons (Fsp3) is 0.250. The highest BCUT2D eigenvalue weighted by molar-refractivity contribution is 5.83. The molecule has 0 atom stereocenters. The normalized spacial score (nSPS) is 13.1. The van der Waals surface area contributed by atoms with E-state index in [0.29, 0.717) is 47.2 Å². The molecule has 5 rings (SSSR count). The number of benzene rings is 3. The van der Waals surface area contributed by atoms with E-state index in [0.717, 1.165) is 29.8 Å². The SMILES string of the molecule is COc1ccc(Oc2coc3c4c(ccc3c2=O)OCN(CCc2ccc(OC)c(OC)c2)C4)cc1. The standard InChI is InChI=1S/C28H27NO7/c1-31-19-5-7-20(8-6-19)36-26-16-34-28-21(27(26)30)9-11-23-22(28)15-29(17-35-23)13-12-18-4-10-24(32-2)25(14-18)33-3/h4-11,14,16H,12-13,15,17H2,1-3H3. The van der Waals surface area contributed by atoms with Crippen molar-refractivity contribution in [2.45, 2.75) is 13.0 Å². The van der Waals surface area contributed by atoms with Crippen LogP contribution in [0.15, 0.2) is 70.1 Å². The van der Waals surface area contributed by atoms with Gasteiger partial charge in [-0.25, -0.2) is 0 Å². The smallest absolute Gasteiger partial charge is 0.235 e. The Labute approximate surface area is 208 Å². The van der Waals surface area contributed by atoms with Gasteiger partial charge < -0.3 is 28.1 Å². The summed E-state index contributed by atoms with van der Waals surface area (Å²) in [5, 5.41) is 0.449. The van der Waals surface area contributed by atoms with E-state index < -0.39 is 0 Å². The van der Waals surface area contributed by atoms with Crippen LogP contribution in [0.1, 0.15) is 11.1 Å². The Morgan fingerprint density at radius 2 is 1.64 bits per heavy atom. The molecule has 0 amide bonds. The largest absolute Gasteiger partial charge is 0.497 e. The van der Waals surface area contributed by atoms with Gasteiger partial charge in [-0.15, -0.1) is 0 Å². The molecule has 186 valence electrons. The zero-order chi connectivity index (χ0) is 25.1. The first kappa shape index (κ1) is 23.6. The fourth-order valence-corrected chi connectivity index (χ4v) is 4.24. The van der Waals surface area contributed by atoms with Crippen molar-refractivity contribution in [3.8, 4) is 34.5 Å². The second-order valence-corrected chi connectivity index (χ2v) is 8.39. The van der Waals surface area contributed by atoms with Gasteiger partial charge in [-0.1, -0.05) is 6.07 Å². The Bertz CT molecular complexity index is 1430. The van der Waals surface area contributed by atoms with Gasteiger partial charge in [0.2, 0.25) is 11.2 Å². The van der Waals surface area contributed by atoms with Crippen molar-refractivity contribution in [1.29, 1.82) is 0 Å². The first-order valence-electron chi connectivity index (χ1n) is 11.5. The first-order valence-corrected chi connectivity index (χ1v) is 11.5. The summed E-state index contributed by atoms with van der Waals surface area (Å²) >= 11 is 0. The summed E-state index contributed by atoms with van der Waals surface area (Å²) in [4.78, 5) is 15.3. The molecule has 8 heteroatoms. The van der Waals surface area contributed by atoms with Gasteiger partial charge in [0.25, 0.3) is 0 Å². The van der Waals surface area contributed by atoms with Gasteiger partial charge >= 0.3 is 0 Å². The van der Waals surface area contributed by atoms with Crippen molar-refractivity contribution >= 4 is 11.0 Å². The summed E-state index contributed by atoms with van der Waals surface area (Å²) in [6.07, 6.45) is 2.16. The average molecular weight is 490 g/mol. The minimum Gasteiger partial charge on any atom is -0.497 e. The lowest BCUT2D eigenvalue weighted by Gasteiger charge is -2.29. The van der Waals surface area contributed by atoms with E-state index in [-0.39, 0.29) is 11.2 Å². The van der Waals surface area contributed by atoms with Crippen molar-refractivity contribution in [2.24, 2.45) is 0 Å². The van der Waals surface area contributed by atoms with Gasteiger partial charge in [-0.05, 0) is 60.5 Å². The molecule has 4 aromatic rings. The van der Waals surface area contributed by atoms with E-state index in [9.17, 15) is 4.79 Å². The molecule has 0 unspecified atom stereocenters. The summed E-state index contributed by atoms with van der Waals surface area (Å²) in [7, 11) is 4.84. The van der Waals surface area contributed by atoms with Crippen LogP contribution >= 0.6 is 0 Å². The highest BCUT2D eigenvalue weighted by Gasteiger charge is 2.23. The summed E-state index contributed by atoms with van der Waals surface area (Å²) in [6, 6.07) is 16.5. The summed E-state index contributed by atoms with van der Waals surface area (Å²) < 4.78 is 33.6. The molecule has 3 aromatic carbocycles. The molecule has 0 radical (unpaired) electrons. The molecule has 0 saturated heterocycles.